The Labute approximate surface area is 125 Å². The van der Waals surface area contributed by atoms with Crippen LogP contribution in [0.25, 0.3) is 0 Å². The van der Waals surface area contributed by atoms with Gasteiger partial charge in [0.25, 0.3) is 0 Å². The van der Waals surface area contributed by atoms with Gasteiger partial charge in [-0.3, -0.25) is 0 Å². The van der Waals surface area contributed by atoms with Gasteiger partial charge in [-0.05, 0) is 51.0 Å². The van der Waals surface area contributed by atoms with E-state index in [-0.39, 0.29) is 5.25 Å². The van der Waals surface area contributed by atoms with Crippen LogP contribution < -0.4 is 5.32 Å². The molecule has 0 saturated heterocycles. The number of rotatable bonds is 8. The molecular formula is C16H33NO2S. The molecular weight excluding hydrogens is 270 g/mol. The van der Waals surface area contributed by atoms with Gasteiger partial charge in [-0.2, -0.15) is 0 Å². The standard InChI is InChI=1S/C16H33NO2S/c1-5-8-13(9-6-2)16(17-3)14-10-7-11-15(12-14)20(4,18)19/h13-17H,5-12H2,1-4H3. The third kappa shape index (κ3) is 5.03. The van der Waals surface area contributed by atoms with Crippen LogP contribution in [0.5, 0.6) is 0 Å². The first-order valence-electron chi connectivity index (χ1n) is 8.30. The van der Waals surface area contributed by atoms with Gasteiger partial charge in [-0.15, -0.1) is 0 Å². The molecule has 0 aromatic carbocycles. The van der Waals surface area contributed by atoms with Gasteiger partial charge in [-0.1, -0.05) is 33.1 Å². The number of hydrogen-bond donors (Lipinski definition) is 1. The molecule has 4 heteroatoms. The molecule has 1 fully saturated rings. The van der Waals surface area contributed by atoms with E-state index in [2.05, 4.69) is 19.2 Å². The molecule has 0 aliphatic heterocycles. The molecule has 0 heterocycles. The fourth-order valence-electron chi connectivity index (χ4n) is 4.00. The summed E-state index contributed by atoms with van der Waals surface area (Å²) in [6.07, 6.45) is 10.3. The molecule has 0 radical (unpaired) electrons. The Morgan fingerprint density at radius 2 is 1.75 bits per heavy atom. The topological polar surface area (TPSA) is 46.2 Å². The molecule has 0 spiro atoms. The Morgan fingerprint density at radius 3 is 2.20 bits per heavy atom. The van der Waals surface area contributed by atoms with Gasteiger partial charge in [0.2, 0.25) is 0 Å². The lowest BCUT2D eigenvalue weighted by Crippen LogP contribution is -2.44. The summed E-state index contributed by atoms with van der Waals surface area (Å²) in [7, 11) is -0.830. The highest BCUT2D eigenvalue weighted by Gasteiger charge is 2.35. The summed E-state index contributed by atoms with van der Waals surface area (Å²) in [6.45, 7) is 4.49. The van der Waals surface area contributed by atoms with Crippen molar-refractivity contribution in [2.24, 2.45) is 11.8 Å². The van der Waals surface area contributed by atoms with Crippen molar-refractivity contribution in [1.29, 1.82) is 0 Å². The molecule has 0 aromatic rings. The van der Waals surface area contributed by atoms with E-state index in [1.165, 1.54) is 38.4 Å². The largest absolute Gasteiger partial charge is 0.316 e. The van der Waals surface area contributed by atoms with Crippen molar-refractivity contribution in [3.8, 4) is 0 Å². The Bertz CT molecular complexity index is 361. The minimum atomic E-state index is -2.88. The average molecular weight is 304 g/mol. The predicted octanol–water partition coefficient (Wildman–Crippen LogP) is 3.39. The van der Waals surface area contributed by atoms with Crippen molar-refractivity contribution < 1.29 is 8.42 Å². The van der Waals surface area contributed by atoms with Gasteiger partial charge in [0, 0.05) is 12.3 Å². The van der Waals surface area contributed by atoms with Gasteiger partial charge < -0.3 is 5.32 Å². The highest BCUT2D eigenvalue weighted by molar-refractivity contribution is 7.91. The molecule has 1 N–H and O–H groups in total. The van der Waals surface area contributed by atoms with E-state index in [0.29, 0.717) is 17.9 Å². The zero-order chi connectivity index (χ0) is 15.2. The van der Waals surface area contributed by atoms with E-state index in [0.717, 1.165) is 19.3 Å². The fraction of sp³-hybridized carbons (Fsp3) is 1.00. The summed E-state index contributed by atoms with van der Waals surface area (Å²) < 4.78 is 23.7. The molecule has 3 atom stereocenters. The van der Waals surface area contributed by atoms with E-state index < -0.39 is 9.84 Å². The van der Waals surface area contributed by atoms with Crippen LogP contribution in [-0.4, -0.2) is 33.0 Å². The van der Waals surface area contributed by atoms with Crippen LogP contribution in [-0.2, 0) is 9.84 Å². The van der Waals surface area contributed by atoms with Crippen molar-refractivity contribution >= 4 is 9.84 Å². The summed E-state index contributed by atoms with van der Waals surface area (Å²) >= 11 is 0. The van der Waals surface area contributed by atoms with Crippen LogP contribution >= 0.6 is 0 Å². The lowest BCUT2D eigenvalue weighted by atomic mass is 9.76. The third-order valence-corrected chi connectivity index (χ3v) is 6.58. The summed E-state index contributed by atoms with van der Waals surface area (Å²) in [5, 5.41) is 3.41. The highest BCUT2D eigenvalue weighted by Crippen LogP contribution is 2.35. The number of hydrogen-bond acceptors (Lipinski definition) is 3. The van der Waals surface area contributed by atoms with Crippen LogP contribution in [0, 0.1) is 11.8 Å². The molecule has 1 rings (SSSR count). The predicted molar refractivity (Wildman–Crippen MR) is 86.7 cm³/mol. The van der Waals surface area contributed by atoms with Gasteiger partial charge in [0.15, 0.2) is 0 Å². The zero-order valence-electron chi connectivity index (χ0n) is 13.7. The summed E-state index contributed by atoms with van der Waals surface area (Å²) in [5.41, 5.74) is 0. The first-order valence-corrected chi connectivity index (χ1v) is 10.3. The maximum Gasteiger partial charge on any atom is 0.150 e. The second-order valence-corrected chi connectivity index (χ2v) is 8.86. The van der Waals surface area contributed by atoms with Crippen molar-refractivity contribution in [1.82, 2.24) is 5.32 Å². The van der Waals surface area contributed by atoms with Crippen molar-refractivity contribution in [2.75, 3.05) is 13.3 Å². The molecule has 3 nitrogen and oxygen atoms in total. The Kier molecular flexibility index (Phi) is 7.52. The lowest BCUT2D eigenvalue weighted by molar-refractivity contribution is 0.198. The maximum atomic E-state index is 11.8. The van der Waals surface area contributed by atoms with Crippen LogP contribution in [0.2, 0.25) is 0 Å². The van der Waals surface area contributed by atoms with E-state index in [9.17, 15) is 8.42 Å². The molecule has 20 heavy (non-hydrogen) atoms. The molecule has 1 aliphatic rings. The van der Waals surface area contributed by atoms with Crippen molar-refractivity contribution in [3.05, 3.63) is 0 Å². The number of nitrogens with one attached hydrogen (secondary N) is 1. The van der Waals surface area contributed by atoms with E-state index >= 15 is 0 Å². The minimum Gasteiger partial charge on any atom is -0.316 e. The quantitative estimate of drug-likeness (QED) is 0.747. The second kappa shape index (κ2) is 8.38. The van der Waals surface area contributed by atoms with E-state index in [1.54, 1.807) is 0 Å². The minimum absolute atomic E-state index is 0.110. The third-order valence-electron chi connectivity index (χ3n) is 4.94. The SMILES string of the molecule is CCCC(CCC)C(NC)C1CCCC(S(C)(=O)=O)C1. The van der Waals surface area contributed by atoms with Crippen molar-refractivity contribution in [2.45, 2.75) is 76.5 Å². The maximum absolute atomic E-state index is 11.8. The van der Waals surface area contributed by atoms with E-state index in [4.69, 9.17) is 0 Å². The van der Waals surface area contributed by atoms with Crippen LogP contribution in [0.3, 0.4) is 0 Å². The first-order chi connectivity index (χ1) is 9.43. The first kappa shape index (κ1) is 18.0. The average Bonchev–Trinajstić information content (AvgIpc) is 2.39. The lowest BCUT2D eigenvalue weighted by Gasteiger charge is -2.38. The molecule has 1 saturated carbocycles. The van der Waals surface area contributed by atoms with Crippen LogP contribution in [0.15, 0.2) is 0 Å². The highest BCUT2D eigenvalue weighted by atomic mass is 32.2. The zero-order valence-corrected chi connectivity index (χ0v) is 14.5. The van der Waals surface area contributed by atoms with Gasteiger partial charge in [0.1, 0.15) is 9.84 Å². The van der Waals surface area contributed by atoms with Gasteiger partial charge in [-0.25, -0.2) is 8.42 Å². The van der Waals surface area contributed by atoms with Crippen LogP contribution in [0.1, 0.15) is 65.2 Å². The monoisotopic (exact) mass is 303 g/mol. The van der Waals surface area contributed by atoms with Crippen molar-refractivity contribution in [3.63, 3.8) is 0 Å². The number of sulfone groups is 1. The molecule has 0 amide bonds. The Balaban J connectivity index is 2.76. The smallest absolute Gasteiger partial charge is 0.150 e. The Hall–Kier alpha value is -0.0900. The summed E-state index contributed by atoms with van der Waals surface area (Å²) in [5.74, 6) is 1.22. The molecule has 0 aromatic heterocycles. The van der Waals surface area contributed by atoms with E-state index in [1.807, 2.05) is 7.05 Å². The Morgan fingerprint density at radius 1 is 1.15 bits per heavy atom. The van der Waals surface area contributed by atoms with Crippen LogP contribution in [0.4, 0.5) is 0 Å². The molecule has 120 valence electrons. The molecule has 3 unspecified atom stereocenters. The fourth-order valence-corrected chi connectivity index (χ4v) is 5.19. The molecule has 1 aliphatic carbocycles. The molecule has 0 bridgehead atoms. The normalized spacial score (nSPS) is 25.9. The van der Waals surface area contributed by atoms with Gasteiger partial charge in [0.05, 0.1) is 5.25 Å². The summed E-state index contributed by atoms with van der Waals surface area (Å²) in [4.78, 5) is 0. The summed E-state index contributed by atoms with van der Waals surface area (Å²) in [6, 6.07) is 0.486. The second-order valence-electron chi connectivity index (χ2n) is 6.53. The van der Waals surface area contributed by atoms with Gasteiger partial charge >= 0.3 is 0 Å².